The minimum Gasteiger partial charge on any atom is -0.411 e. The van der Waals surface area contributed by atoms with Gasteiger partial charge >= 0.3 is 0 Å². The van der Waals surface area contributed by atoms with Crippen molar-refractivity contribution in [3.8, 4) is 11.5 Å². The molecule has 1 aliphatic rings. The molecular weight excluding hydrogens is 382 g/mol. The van der Waals surface area contributed by atoms with Crippen molar-refractivity contribution in [3.63, 3.8) is 0 Å². The first kappa shape index (κ1) is 18.1. The van der Waals surface area contributed by atoms with E-state index < -0.39 is 0 Å². The molecule has 7 heteroatoms. The molecule has 0 atom stereocenters. The number of hydrogen-bond donors (Lipinski definition) is 1. The molecule has 0 aliphatic heterocycles. The summed E-state index contributed by atoms with van der Waals surface area (Å²) in [6, 6.07) is 17.4. The first-order valence-corrected chi connectivity index (χ1v) is 10.1. The zero-order chi connectivity index (χ0) is 18.7. The van der Waals surface area contributed by atoms with Crippen LogP contribution in [0.15, 0.2) is 64.2 Å². The fourth-order valence-electron chi connectivity index (χ4n) is 3.22. The molecule has 1 N–H and O–H groups in total. The van der Waals surface area contributed by atoms with Crippen molar-refractivity contribution in [2.45, 2.75) is 30.0 Å². The molecule has 0 saturated heterocycles. The van der Waals surface area contributed by atoms with E-state index >= 15 is 0 Å². The smallest absolute Gasteiger partial charge is 0.277 e. The third-order valence-corrected chi connectivity index (χ3v) is 5.90. The zero-order valence-electron chi connectivity index (χ0n) is 14.5. The second-order valence-corrected chi connectivity index (χ2v) is 7.83. The van der Waals surface area contributed by atoms with Gasteiger partial charge in [0.15, 0.2) is 0 Å². The third kappa shape index (κ3) is 3.87. The van der Waals surface area contributed by atoms with E-state index in [2.05, 4.69) is 27.6 Å². The van der Waals surface area contributed by atoms with E-state index in [1.165, 1.54) is 11.8 Å². The van der Waals surface area contributed by atoms with E-state index in [4.69, 9.17) is 16.0 Å². The van der Waals surface area contributed by atoms with Gasteiger partial charge in [0.05, 0.1) is 21.9 Å². The topological polar surface area (TPSA) is 68.0 Å². The summed E-state index contributed by atoms with van der Waals surface area (Å²) in [6.07, 6.45) is 3.04. The maximum atomic E-state index is 12.5. The van der Waals surface area contributed by atoms with Gasteiger partial charge < -0.3 is 9.73 Å². The molecule has 5 nitrogen and oxygen atoms in total. The Labute approximate surface area is 166 Å². The van der Waals surface area contributed by atoms with Crippen LogP contribution in [0.2, 0.25) is 5.02 Å². The Kier molecular flexibility index (Phi) is 5.18. The van der Waals surface area contributed by atoms with Gasteiger partial charge in [-0.25, -0.2) is 0 Å². The second-order valence-electron chi connectivity index (χ2n) is 6.49. The second kappa shape index (κ2) is 7.74. The van der Waals surface area contributed by atoms with Crippen LogP contribution < -0.4 is 5.32 Å². The van der Waals surface area contributed by atoms with Crippen molar-refractivity contribution in [1.82, 2.24) is 15.5 Å². The number of rotatable bonds is 6. The fourth-order valence-corrected chi connectivity index (χ4v) is 3.99. The molecule has 1 aliphatic carbocycles. The van der Waals surface area contributed by atoms with Gasteiger partial charge in [0.2, 0.25) is 11.8 Å². The number of benzene rings is 2. The maximum Gasteiger partial charge on any atom is 0.277 e. The summed E-state index contributed by atoms with van der Waals surface area (Å²) in [7, 11) is 0. The Morgan fingerprint density at radius 3 is 2.56 bits per heavy atom. The van der Waals surface area contributed by atoms with E-state index in [9.17, 15) is 4.79 Å². The number of aromatic nitrogens is 2. The first-order chi connectivity index (χ1) is 13.2. The molecule has 138 valence electrons. The summed E-state index contributed by atoms with van der Waals surface area (Å²) in [6.45, 7) is 0. The number of nitrogens with zero attached hydrogens (tertiary/aromatic N) is 2. The van der Waals surface area contributed by atoms with Crippen LogP contribution in [-0.2, 0) is 10.3 Å². The average Bonchev–Trinajstić information content (AvgIpc) is 3.13. The molecule has 3 aromatic rings. The molecule has 1 fully saturated rings. The molecule has 4 rings (SSSR count). The minimum atomic E-state index is -0.240. The highest BCUT2D eigenvalue weighted by atomic mass is 35.5. The molecule has 27 heavy (non-hydrogen) atoms. The van der Waals surface area contributed by atoms with Crippen LogP contribution in [0.4, 0.5) is 0 Å². The molecule has 2 aromatic carbocycles. The van der Waals surface area contributed by atoms with Crippen LogP contribution in [-0.4, -0.2) is 21.9 Å². The minimum absolute atomic E-state index is 0.0407. The number of carbonyl (C=O) groups is 1. The van der Waals surface area contributed by atoms with Crippen molar-refractivity contribution in [1.29, 1.82) is 0 Å². The van der Waals surface area contributed by atoms with Gasteiger partial charge in [-0.3, -0.25) is 4.79 Å². The van der Waals surface area contributed by atoms with Crippen molar-refractivity contribution in [2.75, 3.05) is 5.75 Å². The van der Waals surface area contributed by atoms with E-state index in [1.54, 1.807) is 6.07 Å². The van der Waals surface area contributed by atoms with Gasteiger partial charge in [0.25, 0.3) is 5.22 Å². The highest BCUT2D eigenvalue weighted by Crippen LogP contribution is 2.41. The Bertz CT molecular complexity index is 941. The van der Waals surface area contributed by atoms with E-state index in [0.717, 1.165) is 24.8 Å². The Morgan fingerprint density at radius 1 is 1.11 bits per heavy atom. The van der Waals surface area contributed by atoms with Gasteiger partial charge in [-0.1, -0.05) is 65.8 Å². The highest BCUT2D eigenvalue weighted by molar-refractivity contribution is 7.99. The standard InChI is InChI=1S/C20H18ClN3O2S/c21-16-10-5-4-9-15(16)18-23-24-19(26-18)27-13-17(25)22-20(11-6-12-20)14-7-2-1-3-8-14/h1-5,7-10H,6,11-13H2,(H,22,25). The molecule has 0 spiro atoms. The van der Waals surface area contributed by atoms with E-state index in [0.29, 0.717) is 21.7 Å². The van der Waals surface area contributed by atoms with Gasteiger partial charge in [0.1, 0.15) is 0 Å². The van der Waals surface area contributed by atoms with Gasteiger partial charge in [-0.2, -0.15) is 0 Å². The molecule has 1 amide bonds. The molecular formula is C20H18ClN3O2S. The number of carbonyl (C=O) groups excluding carboxylic acids is 1. The summed E-state index contributed by atoms with van der Waals surface area (Å²) < 4.78 is 5.63. The largest absolute Gasteiger partial charge is 0.411 e. The van der Waals surface area contributed by atoms with Crippen LogP contribution in [0.25, 0.3) is 11.5 Å². The summed E-state index contributed by atoms with van der Waals surface area (Å²) in [5.41, 5.74) is 1.60. The van der Waals surface area contributed by atoms with E-state index in [1.807, 2.05) is 36.4 Å². The molecule has 1 aromatic heterocycles. The summed E-state index contributed by atoms with van der Waals surface area (Å²) in [5.74, 6) is 0.531. The molecule has 0 unspecified atom stereocenters. The normalized spacial score (nSPS) is 15.1. The quantitative estimate of drug-likeness (QED) is 0.609. The predicted molar refractivity (Wildman–Crippen MR) is 106 cm³/mol. The predicted octanol–water partition coefficient (Wildman–Crippen LogP) is 4.68. The van der Waals surface area contributed by atoms with Crippen LogP contribution in [0, 0.1) is 0 Å². The molecule has 1 heterocycles. The Morgan fingerprint density at radius 2 is 1.85 bits per heavy atom. The highest BCUT2D eigenvalue weighted by Gasteiger charge is 2.39. The van der Waals surface area contributed by atoms with Crippen molar-refractivity contribution in [3.05, 3.63) is 65.2 Å². The third-order valence-electron chi connectivity index (χ3n) is 4.75. The van der Waals surface area contributed by atoms with Crippen molar-refractivity contribution < 1.29 is 9.21 Å². The lowest BCUT2D eigenvalue weighted by Gasteiger charge is -2.43. The molecule has 0 bridgehead atoms. The molecule has 1 saturated carbocycles. The maximum absolute atomic E-state index is 12.5. The number of halogens is 1. The van der Waals surface area contributed by atoms with Gasteiger partial charge in [-0.15, -0.1) is 10.2 Å². The Hall–Kier alpha value is -2.31. The number of amides is 1. The lowest BCUT2D eigenvalue weighted by atomic mass is 9.72. The van der Waals surface area contributed by atoms with Crippen LogP contribution in [0.1, 0.15) is 24.8 Å². The van der Waals surface area contributed by atoms with Gasteiger partial charge in [-0.05, 0) is 37.0 Å². The van der Waals surface area contributed by atoms with Gasteiger partial charge in [0, 0.05) is 0 Å². The lowest BCUT2D eigenvalue weighted by molar-refractivity contribution is -0.121. The van der Waals surface area contributed by atoms with Crippen LogP contribution >= 0.6 is 23.4 Å². The Balaban J connectivity index is 1.38. The number of thioether (sulfide) groups is 1. The SMILES string of the molecule is O=C(CSc1nnc(-c2ccccc2Cl)o1)NC1(c2ccccc2)CCC1. The molecule has 0 radical (unpaired) electrons. The monoisotopic (exact) mass is 399 g/mol. The fraction of sp³-hybridized carbons (Fsp3) is 0.250. The summed E-state index contributed by atoms with van der Waals surface area (Å²) in [4.78, 5) is 12.5. The van der Waals surface area contributed by atoms with Crippen molar-refractivity contribution >= 4 is 29.3 Å². The average molecular weight is 400 g/mol. The summed E-state index contributed by atoms with van der Waals surface area (Å²) >= 11 is 7.38. The number of nitrogens with one attached hydrogen (secondary N) is 1. The van der Waals surface area contributed by atoms with Crippen molar-refractivity contribution in [2.24, 2.45) is 0 Å². The summed E-state index contributed by atoms with van der Waals surface area (Å²) in [5, 5.41) is 12.1. The number of hydrogen-bond acceptors (Lipinski definition) is 5. The van der Waals surface area contributed by atoms with Crippen LogP contribution in [0.5, 0.6) is 0 Å². The van der Waals surface area contributed by atoms with Crippen LogP contribution in [0.3, 0.4) is 0 Å². The van der Waals surface area contributed by atoms with E-state index in [-0.39, 0.29) is 17.2 Å². The first-order valence-electron chi connectivity index (χ1n) is 8.74. The zero-order valence-corrected chi connectivity index (χ0v) is 16.1. The lowest BCUT2D eigenvalue weighted by Crippen LogP contribution is -2.51.